The molecule has 0 bridgehead atoms. The Morgan fingerprint density at radius 2 is 2.05 bits per heavy atom. The predicted octanol–water partition coefficient (Wildman–Crippen LogP) is 1.54. The Morgan fingerprint density at radius 1 is 1.35 bits per heavy atom. The Morgan fingerprint density at radius 3 is 2.55 bits per heavy atom. The summed E-state index contributed by atoms with van der Waals surface area (Å²) in [5.74, 6) is 1.56. The van der Waals surface area contributed by atoms with E-state index in [0.717, 1.165) is 42.1 Å². The summed E-state index contributed by atoms with van der Waals surface area (Å²) in [6, 6.07) is 0. The normalized spacial score (nSPS) is 15.4. The summed E-state index contributed by atoms with van der Waals surface area (Å²) >= 11 is 0. The first-order valence-electron chi connectivity index (χ1n) is 7.19. The number of oxime groups is 1. The number of aromatic nitrogens is 2. The van der Waals surface area contributed by atoms with Gasteiger partial charge in [-0.15, -0.1) is 5.10 Å². The van der Waals surface area contributed by atoms with Crippen molar-refractivity contribution in [1.29, 1.82) is 0 Å². The molecule has 1 aliphatic rings. The smallest absolute Gasteiger partial charge is 0.174 e. The van der Waals surface area contributed by atoms with Gasteiger partial charge in [0.1, 0.15) is 0 Å². The fraction of sp³-hybridized carbons (Fsp3) is 0.643. The average molecular weight is 277 g/mol. The van der Waals surface area contributed by atoms with Crippen molar-refractivity contribution in [3.05, 3.63) is 16.8 Å². The van der Waals surface area contributed by atoms with E-state index in [0.29, 0.717) is 5.82 Å². The third-order valence-corrected chi connectivity index (χ3v) is 3.78. The number of rotatable bonds is 6. The van der Waals surface area contributed by atoms with Gasteiger partial charge in [0.05, 0.1) is 11.3 Å². The van der Waals surface area contributed by atoms with Crippen LogP contribution in [-0.4, -0.2) is 34.8 Å². The molecule has 1 aromatic rings. The van der Waals surface area contributed by atoms with Gasteiger partial charge in [-0.05, 0) is 37.2 Å². The molecule has 20 heavy (non-hydrogen) atoms. The minimum atomic E-state index is 0.115. The van der Waals surface area contributed by atoms with E-state index in [2.05, 4.69) is 27.2 Å². The molecule has 1 aromatic heterocycles. The zero-order chi connectivity index (χ0) is 14.7. The molecule has 0 atom stereocenters. The summed E-state index contributed by atoms with van der Waals surface area (Å²) in [5.41, 5.74) is 8.55. The van der Waals surface area contributed by atoms with E-state index in [-0.39, 0.29) is 5.84 Å². The number of amidine groups is 1. The van der Waals surface area contributed by atoms with E-state index in [4.69, 9.17) is 10.9 Å². The minimum absolute atomic E-state index is 0.115. The molecule has 1 aliphatic carbocycles. The van der Waals surface area contributed by atoms with Gasteiger partial charge in [0.2, 0.25) is 0 Å². The molecule has 0 amide bonds. The Bertz CT molecular complexity index is 511. The van der Waals surface area contributed by atoms with Crippen LogP contribution >= 0.6 is 0 Å². The van der Waals surface area contributed by atoms with Crippen molar-refractivity contribution < 1.29 is 5.21 Å². The van der Waals surface area contributed by atoms with E-state index in [1.165, 1.54) is 12.8 Å². The molecule has 0 spiro atoms. The first-order chi connectivity index (χ1) is 9.62. The van der Waals surface area contributed by atoms with E-state index < -0.39 is 0 Å². The molecule has 1 heterocycles. The van der Waals surface area contributed by atoms with Crippen molar-refractivity contribution in [2.75, 3.05) is 18.5 Å². The lowest BCUT2D eigenvalue weighted by atomic mass is 10.0. The van der Waals surface area contributed by atoms with Gasteiger partial charge in [-0.1, -0.05) is 19.0 Å². The minimum Gasteiger partial charge on any atom is -0.409 e. The maximum Gasteiger partial charge on any atom is 0.174 e. The Kier molecular flexibility index (Phi) is 4.42. The van der Waals surface area contributed by atoms with E-state index in [1.807, 2.05) is 14.0 Å². The van der Waals surface area contributed by atoms with Gasteiger partial charge < -0.3 is 15.8 Å². The molecule has 110 valence electrons. The monoisotopic (exact) mass is 277 g/mol. The first-order valence-corrected chi connectivity index (χ1v) is 7.19. The third kappa shape index (κ3) is 2.84. The van der Waals surface area contributed by atoms with Gasteiger partial charge in [0.15, 0.2) is 11.7 Å². The number of hydrogen-bond donors (Lipinski definition) is 2. The van der Waals surface area contributed by atoms with Crippen LogP contribution in [0.5, 0.6) is 0 Å². The largest absolute Gasteiger partial charge is 0.409 e. The first kappa shape index (κ1) is 14.6. The molecular formula is C14H23N5O. The van der Waals surface area contributed by atoms with Crippen molar-refractivity contribution in [1.82, 2.24) is 10.2 Å². The zero-order valence-electron chi connectivity index (χ0n) is 12.4. The molecule has 0 unspecified atom stereocenters. The van der Waals surface area contributed by atoms with Gasteiger partial charge in [-0.3, -0.25) is 0 Å². The summed E-state index contributed by atoms with van der Waals surface area (Å²) in [5, 5.41) is 20.9. The number of nitrogens with two attached hydrogens (primary N) is 1. The topological polar surface area (TPSA) is 87.6 Å². The number of hydrogen-bond acceptors (Lipinski definition) is 5. The van der Waals surface area contributed by atoms with Gasteiger partial charge in [0, 0.05) is 13.6 Å². The molecule has 0 aromatic carbocycles. The quantitative estimate of drug-likeness (QED) is 0.356. The summed E-state index contributed by atoms with van der Waals surface area (Å²) in [7, 11) is 1.99. The van der Waals surface area contributed by atoms with E-state index in [9.17, 15) is 0 Å². The van der Waals surface area contributed by atoms with Gasteiger partial charge in [0.25, 0.3) is 0 Å². The highest BCUT2D eigenvalue weighted by Crippen LogP contribution is 2.32. The fourth-order valence-corrected chi connectivity index (χ4v) is 2.52. The standard InChI is InChI=1S/C14H23N5O/c1-4-10-11(5-2)16-17-14(12(10)13(15)18-20)19(3)8-9-6-7-9/h9,20H,4-8H2,1-3H3,(H2,15,18). The average Bonchev–Trinajstić information content (AvgIpc) is 3.28. The van der Waals surface area contributed by atoms with Crippen LogP contribution in [0.3, 0.4) is 0 Å². The van der Waals surface area contributed by atoms with Crippen LogP contribution < -0.4 is 10.6 Å². The molecule has 2 rings (SSSR count). The van der Waals surface area contributed by atoms with Crippen LogP contribution in [0.15, 0.2) is 5.16 Å². The van der Waals surface area contributed by atoms with Gasteiger partial charge in [-0.25, -0.2) is 0 Å². The molecule has 6 nitrogen and oxygen atoms in total. The molecule has 0 radical (unpaired) electrons. The molecule has 3 N–H and O–H groups in total. The Hall–Kier alpha value is -1.85. The summed E-state index contributed by atoms with van der Waals surface area (Å²) in [6.45, 7) is 5.02. The Balaban J connectivity index is 2.48. The maximum absolute atomic E-state index is 9.07. The van der Waals surface area contributed by atoms with Crippen LogP contribution in [0.1, 0.15) is 43.5 Å². The SMILES string of the molecule is CCc1nnc(N(C)CC2CC2)c(C(N)=NO)c1CC. The summed E-state index contributed by atoms with van der Waals surface area (Å²) in [4.78, 5) is 2.07. The number of aryl methyl sites for hydroxylation is 1. The number of anilines is 1. The van der Waals surface area contributed by atoms with Crippen LogP contribution in [0.2, 0.25) is 0 Å². The van der Waals surface area contributed by atoms with Gasteiger partial charge >= 0.3 is 0 Å². The highest BCUT2D eigenvalue weighted by Gasteiger charge is 2.26. The Labute approximate surface area is 119 Å². The highest BCUT2D eigenvalue weighted by atomic mass is 16.4. The summed E-state index contributed by atoms with van der Waals surface area (Å²) in [6.07, 6.45) is 4.11. The highest BCUT2D eigenvalue weighted by molar-refractivity contribution is 6.02. The van der Waals surface area contributed by atoms with Gasteiger partial charge in [-0.2, -0.15) is 5.10 Å². The van der Waals surface area contributed by atoms with Crippen LogP contribution in [-0.2, 0) is 12.8 Å². The van der Waals surface area contributed by atoms with Crippen molar-refractivity contribution in [2.24, 2.45) is 16.8 Å². The van der Waals surface area contributed by atoms with E-state index in [1.54, 1.807) is 0 Å². The molecule has 1 fully saturated rings. The summed E-state index contributed by atoms with van der Waals surface area (Å²) < 4.78 is 0. The van der Waals surface area contributed by atoms with E-state index >= 15 is 0 Å². The fourth-order valence-electron chi connectivity index (χ4n) is 2.52. The second-order valence-corrected chi connectivity index (χ2v) is 5.34. The molecule has 6 heteroatoms. The van der Waals surface area contributed by atoms with Crippen molar-refractivity contribution in [3.63, 3.8) is 0 Å². The second-order valence-electron chi connectivity index (χ2n) is 5.34. The zero-order valence-corrected chi connectivity index (χ0v) is 12.4. The number of nitrogens with zero attached hydrogens (tertiary/aromatic N) is 4. The molecular weight excluding hydrogens is 254 g/mol. The van der Waals surface area contributed by atoms with Crippen molar-refractivity contribution in [2.45, 2.75) is 39.5 Å². The van der Waals surface area contributed by atoms with Crippen molar-refractivity contribution >= 4 is 11.7 Å². The van der Waals surface area contributed by atoms with Crippen LogP contribution in [0, 0.1) is 5.92 Å². The lowest BCUT2D eigenvalue weighted by Gasteiger charge is -2.22. The van der Waals surface area contributed by atoms with Crippen molar-refractivity contribution in [3.8, 4) is 0 Å². The molecule has 0 aliphatic heterocycles. The lowest BCUT2D eigenvalue weighted by molar-refractivity contribution is 0.318. The maximum atomic E-state index is 9.07. The molecule has 1 saturated carbocycles. The lowest BCUT2D eigenvalue weighted by Crippen LogP contribution is -2.28. The van der Waals surface area contributed by atoms with Crippen LogP contribution in [0.25, 0.3) is 0 Å². The molecule has 0 saturated heterocycles. The van der Waals surface area contributed by atoms with Crippen LogP contribution in [0.4, 0.5) is 5.82 Å². The second kappa shape index (κ2) is 6.07. The third-order valence-electron chi connectivity index (χ3n) is 3.78. The predicted molar refractivity (Wildman–Crippen MR) is 79.3 cm³/mol.